The number of nitrogens with one attached hydrogen (secondary N) is 2. The molecule has 8 nitrogen and oxygen atoms in total. The van der Waals surface area contributed by atoms with Crippen LogP contribution in [0, 0.1) is 0 Å². The highest BCUT2D eigenvalue weighted by molar-refractivity contribution is 7.89. The molecule has 0 radical (unpaired) electrons. The van der Waals surface area contributed by atoms with Crippen molar-refractivity contribution in [3.8, 4) is 0 Å². The number of hydrogen-bond donors (Lipinski definition) is 2. The highest BCUT2D eigenvalue weighted by Gasteiger charge is 2.28. The Morgan fingerprint density at radius 2 is 1.71 bits per heavy atom. The van der Waals surface area contributed by atoms with Crippen LogP contribution in [0.5, 0.6) is 0 Å². The summed E-state index contributed by atoms with van der Waals surface area (Å²) >= 11 is 0. The molecule has 1 heterocycles. The van der Waals surface area contributed by atoms with E-state index in [1.165, 1.54) is 4.31 Å². The van der Waals surface area contributed by atoms with Gasteiger partial charge in [0.25, 0.3) is 0 Å². The third-order valence-corrected chi connectivity index (χ3v) is 5.58. The molecular weight excluding hydrogens is 332 g/mol. The predicted molar refractivity (Wildman–Crippen MR) is 88.9 cm³/mol. The summed E-state index contributed by atoms with van der Waals surface area (Å²) in [4.78, 5) is 25.1. The van der Waals surface area contributed by atoms with E-state index in [1.807, 2.05) is 4.90 Å². The molecule has 0 bridgehead atoms. The SMILES string of the molecule is CCNC(=O)NC(=O)CN1CCN(S(=O)(=O)c2ccccc2)CC1. The van der Waals surface area contributed by atoms with Gasteiger partial charge in [-0.15, -0.1) is 0 Å². The van der Waals surface area contributed by atoms with Gasteiger partial charge in [0.15, 0.2) is 0 Å². The maximum atomic E-state index is 12.5. The molecule has 9 heteroatoms. The minimum Gasteiger partial charge on any atom is -0.338 e. The van der Waals surface area contributed by atoms with Gasteiger partial charge in [-0.25, -0.2) is 13.2 Å². The van der Waals surface area contributed by atoms with Crippen molar-refractivity contribution in [2.75, 3.05) is 39.3 Å². The van der Waals surface area contributed by atoms with Gasteiger partial charge in [-0.05, 0) is 19.1 Å². The Morgan fingerprint density at radius 3 is 2.29 bits per heavy atom. The number of amides is 3. The number of nitrogens with zero attached hydrogens (tertiary/aromatic N) is 2. The number of carbonyl (C=O) groups is 2. The zero-order valence-electron chi connectivity index (χ0n) is 13.6. The van der Waals surface area contributed by atoms with Gasteiger partial charge in [-0.1, -0.05) is 18.2 Å². The Hall–Kier alpha value is -1.97. The van der Waals surface area contributed by atoms with Crippen LogP contribution in [0.15, 0.2) is 35.2 Å². The van der Waals surface area contributed by atoms with E-state index in [4.69, 9.17) is 0 Å². The highest BCUT2D eigenvalue weighted by Crippen LogP contribution is 2.16. The van der Waals surface area contributed by atoms with E-state index >= 15 is 0 Å². The lowest BCUT2D eigenvalue weighted by Gasteiger charge is -2.33. The number of benzene rings is 1. The Morgan fingerprint density at radius 1 is 1.08 bits per heavy atom. The van der Waals surface area contributed by atoms with Gasteiger partial charge in [0, 0.05) is 32.7 Å². The molecule has 2 rings (SSSR count). The van der Waals surface area contributed by atoms with Crippen LogP contribution in [0.25, 0.3) is 0 Å². The summed E-state index contributed by atoms with van der Waals surface area (Å²) < 4.78 is 26.4. The van der Waals surface area contributed by atoms with E-state index in [0.29, 0.717) is 32.7 Å². The second-order valence-corrected chi connectivity index (χ2v) is 7.34. The van der Waals surface area contributed by atoms with Gasteiger partial charge < -0.3 is 5.32 Å². The van der Waals surface area contributed by atoms with E-state index in [9.17, 15) is 18.0 Å². The monoisotopic (exact) mass is 354 g/mol. The Balaban J connectivity index is 1.85. The molecule has 0 aromatic heterocycles. The third-order valence-electron chi connectivity index (χ3n) is 3.67. The summed E-state index contributed by atoms with van der Waals surface area (Å²) in [6, 6.07) is 7.77. The van der Waals surface area contributed by atoms with Crippen molar-refractivity contribution < 1.29 is 18.0 Å². The lowest BCUT2D eigenvalue weighted by Crippen LogP contribution is -2.52. The van der Waals surface area contributed by atoms with Crippen LogP contribution in [-0.4, -0.2) is 68.8 Å². The van der Waals surface area contributed by atoms with E-state index in [1.54, 1.807) is 37.3 Å². The summed E-state index contributed by atoms with van der Waals surface area (Å²) in [5, 5.41) is 4.71. The standard InChI is InChI=1S/C15H22N4O4S/c1-2-16-15(21)17-14(20)12-18-8-10-19(11-9-18)24(22,23)13-6-4-3-5-7-13/h3-7H,2,8-12H2,1H3,(H2,16,17,20,21). The van der Waals surface area contributed by atoms with Crippen molar-refractivity contribution >= 4 is 22.0 Å². The van der Waals surface area contributed by atoms with Gasteiger partial charge in [0.2, 0.25) is 15.9 Å². The van der Waals surface area contributed by atoms with Crippen molar-refractivity contribution in [3.05, 3.63) is 30.3 Å². The first-order valence-electron chi connectivity index (χ1n) is 7.78. The zero-order valence-corrected chi connectivity index (χ0v) is 14.4. The summed E-state index contributed by atoms with van der Waals surface area (Å²) in [5.41, 5.74) is 0. The second-order valence-electron chi connectivity index (χ2n) is 5.40. The zero-order chi connectivity index (χ0) is 17.6. The van der Waals surface area contributed by atoms with Gasteiger partial charge >= 0.3 is 6.03 Å². The molecule has 3 amide bonds. The van der Waals surface area contributed by atoms with Crippen molar-refractivity contribution in [1.82, 2.24) is 19.8 Å². The van der Waals surface area contributed by atoms with Gasteiger partial charge in [-0.2, -0.15) is 4.31 Å². The average molecular weight is 354 g/mol. The third kappa shape index (κ3) is 4.76. The van der Waals surface area contributed by atoms with Crippen molar-refractivity contribution in [2.24, 2.45) is 0 Å². The molecule has 0 spiro atoms. The number of piperazine rings is 1. The van der Waals surface area contributed by atoms with Crippen molar-refractivity contribution in [1.29, 1.82) is 0 Å². The maximum Gasteiger partial charge on any atom is 0.321 e. The summed E-state index contributed by atoms with van der Waals surface area (Å²) in [5.74, 6) is -0.402. The first-order valence-corrected chi connectivity index (χ1v) is 9.22. The molecule has 2 N–H and O–H groups in total. The minimum atomic E-state index is -3.50. The molecule has 1 aliphatic heterocycles. The number of carbonyl (C=O) groups excluding carboxylic acids is 2. The fourth-order valence-electron chi connectivity index (χ4n) is 2.44. The van der Waals surface area contributed by atoms with Crippen LogP contribution in [0.3, 0.4) is 0 Å². The first-order chi connectivity index (χ1) is 11.4. The van der Waals surface area contributed by atoms with Crippen LogP contribution in [0.1, 0.15) is 6.92 Å². The molecular formula is C15H22N4O4S. The number of sulfonamides is 1. The number of urea groups is 1. The molecule has 0 aliphatic carbocycles. The molecule has 1 saturated heterocycles. The summed E-state index contributed by atoms with van der Waals surface area (Å²) in [6.07, 6.45) is 0. The lowest BCUT2D eigenvalue weighted by atomic mass is 10.3. The van der Waals surface area contributed by atoms with Gasteiger partial charge in [-0.3, -0.25) is 15.0 Å². The molecule has 24 heavy (non-hydrogen) atoms. The summed E-state index contributed by atoms with van der Waals surface area (Å²) in [6.45, 7) is 3.77. The number of hydrogen-bond acceptors (Lipinski definition) is 5. The van der Waals surface area contributed by atoms with Crippen LogP contribution in [-0.2, 0) is 14.8 Å². The Kier molecular flexibility index (Phi) is 6.29. The molecule has 1 aliphatic rings. The lowest BCUT2D eigenvalue weighted by molar-refractivity contribution is -0.121. The van der Waals surface area contributed by atoms with Gasteiger partial charge in [0.05, 0.1) is 11.4 Å². The van der Waals surface area contributed by atoms with Crippen molar-refractivity contribution in [2.45, 2.75) is 11.8 Å². The fourth-order valence-corrected chi connectivity index (χ4v) is 3.89. The predicted octanol–water partition coefficient (Wildman–Crippen LogP) is -0.161. The van der Waals surface area contributed by atoms with Crippen LogP contribution < -0.4 is 10.6 Å². The van der Waals surface area contributed by atoms with E-state index < -0.39 is 22.0 Å². The average Bonchev–Trinajstić information content (AvgIpc) is 2.56. The maximum absolute atomic E-state index is 12.5. The molecule has 1 fully saturated rings. The Labute approximate surface area is 141 Å². The number of imide groups is 1. The van der Waals surface area contributed by atoms with Gasteiger partial charge in [0.1, 0.15) is 0 Å². The quantitative estimate of drug-likeness (QED) is 0.765. The largest absolute Gasteiger partial charge is 0.338 e. The van der Waals surface area contributed by atoms with E-state index in [-0.39, 0.29) is 11.4 Å². The highest BCUT2D eigenvalue weighted by atomic mass is 32.2. The van der Waals surface area contributed by atoms with Crippen LogP contribution >= 0.6 is 0 Å². The normalized spacial score (nSPS) is 16.5. The minimum absolute atomic E-state index is 0.0658. The Bertz CT molecular complexity index is 670. The second kappa shape index (κ2) is 8.22. The molecule has 0 saturated carbocycles. The van der Waals surface area contributed by atoms with Crippen LogP contribution in [0.4, 0.5) is 4.79 Å². The molecule has 132 valence electrons. The topological polar surface area (TPSA) is 98.8 Å². The fraction of sp³-hybridized carbons (Fsp3) is 0.467. The smallest absolute Gasteiger partial charge is 0.321 e. The molecule has 1 aromatic rings. The number of rotatable bonds is 5. The molecule has 1 aromatic carbocycles. The molecule has 0 unspecified atom stereocenters. The van der Waals surface area contributed by atoms with Crippen molar-refractivity contribution in [3.63, 3.8) is 0 Å². The van der Waals surface area contributed by atoms with E-state index in [0.717, 1.165) is 0 Å². The first kappa shape index (κ1) is 18.4. The molecule has 0 atom stereocenters. The van der Waals surface area contributed by atoms with E-state index in [2.05, 4.69) is 10.6 Å². The summed E-state index contributed by atoms with van der Waals surface area (Å²) in [7, 11) is -3.50. The van der Waals surface area contributed by atoms with Crippen LogP contribution in [0.2, 0.25) is 0 Å².